The molecule has 2 aromatic rings. The number of nitrogens with one attached hydrogen (secondary N) is 2. The normalized spacial score (nSPS) is 12.1. The molecule has 1 aromatic carbocycles. The Labute approximate surface area is 157 Å². The number of hydrogen-bond donors (Lipinski definition) is 3. The molecule has 0 aliphatic carbocycles. The smallest absolute Gasteiger partial charge is 0.417 e. The maximum absolute atomic E-state index is 12.6. The van der Waals surface area contributed by atoms with E-state index in [-0.39, 0.29) is 16.3 Å². The minimum atomic E-state index is -4.65. The van der Waals surface area contributed by atoms with Crippen molar-refractivity contribution in [3.05, 3.63) is 51.7 Å². The van der Waals surface area contributed by atoms with Gasteiger partial charge in [0.15, 0.2) is 5.82 Å². The van der Waals surface area contributed by atoms with Crippen molar-refractivity contribution in [2.75, 3.05) is 5.43 Å². The number of hydrogen-bond acceptors (Lipinski definition) is 5. The van der Waals surface area contributed by atoms with Gasteiger partial charge >= 0.3 is 12.1 Å². The fourth-order valence-corrected chi connectivity index (χ4v) is 3.49. The molecule has 27 heavy (non-hydrogen) atoms. The van der Waals surface area contributed by atoms with Crippen LogP contribution in [-0.2, 0) is 16.2 Å². The summed E-state index contributed by atoms with van der Waals surface area (Å²) in [5, 5.41) is 8.62. The molecular weight excluding hydrogens is 411 g/mol. The molecule has 0 atom stereocenters. The minimum absolute atomic E-state index is 0.232. The summed E-state index contributed by atoms with van der Waals surface area (Å²) in [6.07, 6.45) is -4.16. The molecule has 0 bridgehead atoms. The van der Waals surface area contributed by atoms with E-state index < -0.39 is 32.8 Å². The summed E-state index contributed by atoms with van der Waals surface area (Å²) < 4.78 is 62.8. The Bertz CT molecular complexity index is 1010. The number of carbonyl (C=O) groups is 1. The van der Waals surface area contributed by atoms with E-state index in [1.807, 2.05) is 4.83 Å². The van der Waals surface area contributed by atoms with Gasteiger partial charge in [-0.25, -0.2) is 18.2 Å². The molecule has 0 spiro atoms. The fourth-order valence-electron chi connectivity index (χ4n) is 2.09. The van der Waals surface area contributed by atoms with Crippen molar-refractivity contribution in [2.24, 2.45) is 0 Å². The van der Waals surface area contributed by atoms with E-state index in [4.69, 9.17) is 16.7 Å². The van der Waals surface area contributed by atoms with E-state index in [9.17, 15) is 26.4 Å². The third-order valence-electron chi connectivity index (χ3n) is 3.63. The Hall–Kier alpha value is -2.37. The maximum Gasteiger partial charge on any atom is 0.417 e. The molecule has 7 nitrogen and oxygen atoms in total. The van der Waals surface area contributed by atoms with Crippen LogP contribution in [0.4, 0.5) is 19.0 Å². The number of rotatable bonds is 5. The zero-order valence-corrected chi connectivity index (χ0v) is 15.4. The van der Waals surface area contributed by atoms with Gasteiger partial charge in [0.1, 0.15) is 0 Å². The second kappa shape index (κ2) is 7.33. The first-order chi connectivity index (χ1) is 12.3. The number of aromatic carboxylic acids is 1. The van der Waals surface area contributed by atoms with E-state index in [1.165, 1.54) is 13.0 Å². The molecule has 146 valence electrons. The van der Waals surface area contributed by atoms with Gasteiger partial charge in [-0.1, -0.05) is 11.6 Å². The van der Waals surface area contributed by atoms with Crippen LogP contribution >= 0.6 is 11.6 Å². The largest absolute Gasteiger partial charge is 0.478 e. The van der Waals surface area contributed by atoms with Crippen molar-refractivity contribution in [3.8, 4) is 0 Å². The number of hydrazine groups is 1. The molecule has 0 saturated heterocycles. The van der Waals surface area contributed by atoms with Crippen LogP contribution in [0.5, 0.6) is 0 Å². The minimum Gasteiger partial charge on any atom is -0.478 e. The first kappa shape index (κ1) is 20.9. The molecule has 12 heteroatoms. The second-order valence-corrected chi connectivity index (χ2v) is 7.56. The molecule has 0 unspecified atom stereocenters. The highest BCUT2D eigenvalue weighted by atomic mass is 35.5. The number of aromatic nitrogens is 1. The van der Waals surface area contributed by atoms with Gasteiger partial charge in [0.2, 0.25) is 0 Å². The van der Waals surface area contributed by atoms with Crippen molar-refractivity contribution in [3.63, 3.8) is 0 Å². The van der Waals surface area contributed by atoms with Gasteiger partial charge in [-0.05, 0) is 43.2 Å². The van der Waals surface area contributed by atoms with E-state index >= 15 is 0 Å². The van der Waals surface area contributed by atoms with Crippen LogP contribution in [0.1, 0.15) is 27.0 Å². The third-order valence-corrected chi connectivity index (χ3v) is 5.29. The van der Waals surface area contributed by atoms with Gasteiger partial charge in [-0.3, -0.25) is 5.43 Å². The summed E-state index contributed by atoms with van der Waals surface area (Å²) in [4.78, 5) is 16.2. The molecule has 2 rings (SSSR count). The Morgan fingerprint density at radius 2 is 1.85 bits per heavy atom. The Balaban J connectivity index is 2.32. The summed E-state index contributed by atoms with van der Waals surface area (Å²) in [5.74, 6) is -1.66. The van der Waals surface area contributed by atoms with Crippen LogP contribution < -0.4 is 10.3 Å². The number of alkyl halides is 3. The monoisotopic (exact) mass is 423 g/mol. The van der Waals surface area contributed by atoms with Gasteiger partial charge in [0.05, 0.1) is 21.0 Å². The van der Waals surface area contributed by atoms with E-state index in [0.717, 1.165) is 6.07 Å². The number of pyridine rings is 1. The molecule has 3 N–H and O–H groups in total. The number of carboxylic acids is 1. The van der Waals surface area contributed by atoms with Crippen LogP contribution in [0.15, 0.2) is 29.3 Å². The van der Waals surface area contributed by atoms with Crippen LogP contribution in [0.2, 0.25) is 5.02 Å². The summed E-state index contributed by atoms with van der Waals surface area (Å²) in [5.41, 5.74) is 1.54. The molecule has 0 aliphatic heterocycles. The third kappa shape index (κ3) is 4.67. The lowest BCUT2D eigenvalue weighted by Crippen LogP contribution is -2.31. The summed E-state index contributed by atoms with van der Waals surface area (Å²) in [7, 11) is -4.27. The maximum atomic E-state index is 12.6. The Morgan fingerprint density at radius 1 is 1.22 bits per heavy atom. The van der Waals surface area contributed by atoms with Gasteiger partial charge in [-0.15, -0.1) is 4.83 Å². The molecular formula is C15H13ClF3N3O4S. The first-order valence-electron chi connectivity index (χ1n) is 7.18. The number of benzene rings is 1. The lowest BCUT2D eigenvalue weighted by atomic mass is 10.1. The number of nitrogens with zero attached hydrogens (tertiary/aromatic N) is 1. The highest BCUT2D eigenvalue weighted by molar-refractivity contribution is 7.89. The molecule has 0 fully saturated rings. The van der Waals surface area contributed by atoms with E-state index in [1.54, 1.807) is 6.92 Å². The van der Waals surface area contributed by atoms with Crippen molar-refractivity contribution < 1.29 is 31.5 Å². The number of sulfonamides is 1. The van der Waals surface area contributed by atoms with Crippen molar-refractivity contribution >= 4 is 33.4 Å². The Kier molecular flexibility index (Phi) is 5.68. The predicted molar refractivity (Wildman–Crippen MR) is 91.1 cm³/mol. The topological polar surface area (TPSA) is 108 Å². The van der Waals surface area contributed by atoms with Gasteiger partial charge in [0, 0.05) is 6.20 Å². The summed E-state index contributed by atoms with van der Waals surface area (Å²) in [6.45, 7) is 3.03. The predicted octanol–water partition coefficient (Wildman–Crippen LogP) is 3.37. The van der Waals surface area contributed by atoms with Gasteiger partial charge < -0.3 is 5.11 Å². The average Bonchev–Trinajstić information content (AvgIpc) is 2.54. The van der Waals surface area contributed by atoms with Crippen LogP contribution in [0.25, 0.3) is 0 Å². The lowest BCUT2D eigenvalue weighted by molar-refractivity contribution is -0.137. The fraction of sp³-hybridized carbons (Fsp3) is 0.200. The number of carboxylic acid groups (broad SMARTS) is 1. The molecule has 0 amide bonds. The summed E-state index contributed by atoms with van der Waals surface area (Å²) in [6, 6.07) is 2.88. The molecule has 0 saturated carbocycles. The molecule has 1 heterocycles. The number of aryl methyl sites for hydroxylation is 1. The van der Waals surface area contributed by atoms with Crippen LogP contribution in [0, 0.1) is 13.8 Å². The first-order valence-corrected chi connectivity index (χ1v) is 9.04. The molecule has 1 aromatic heterocycles. The Morgan fingerprint density at radius 3 is 2.37 bits per heavy atom. The van der Waals surface area contributed by atoms with Gasteiger partial charge in [-0.2, -0.15) is 13.2 Å². The highest BCUT2D eigenvalue weighted by Gasteiger charge is 2.31. The van der Waals surface area contributed by atoms with Gasteiger partial charge in [0.25, 0.3) is 10.0 Å². The van der Waals surface area contributed by atoms with E-state index in [0.29, 0.717) is 23.4 Å². The summed E-state index contributed by atoms with van der Waals surface area (Å²) >= 11 is 5.70. The standard InChI is InChI=1S/C15H13ClF3N3O4S/c1-7-3-9(14(23)24)4-12(8(7)2)27(25,26)22-21-13-11(16)5-10(6-20-13)15(17,18)19/h3-6,22H,1-2H3,(H,20,21)(H,23,24). The lowest BCUT2D eigenvalue weighted by Gasteiger charge is -2.14. The second-order valence-electron chi connectivity index (χ2n) is 5.50. The molecule has 0 aliphatic rings. The number of halogens is 4. The quantitative estimate of drug-likeness (QED) is 0.636. The average molecular weight is 424 g/mol. The van der Waals surface area contributed by atoms with Crippen molar-refractivity contribution in [1.82, 2.24) is 9.82 Å². The molecule has 0 radical (unpaired) electrons. The van der Waals surface area contributed by atoms with Crippen molar-refractivity contribution in [2.45, 2.75) is 24.9 Å². The zero-order valence-electron chi connectivity index (χ0n) is 13.8. The SMILES string of the molecule is Cc1cc(C(=O)O)cc(S(=O)(=O)NNc2ncc(C(F)(F)F)cc2Cl)c1C. The van der Waals surface area contributed by atoms with Crippen LogP contribution in [0.3, 0.4) is 0 Å². The van der Waals surface area contributed by atoms with Crippen LogP contribution in [-0.4, -0.2) is 24.5 Å². The van der Waals surface area contributed by atoms with E-state index in [2.05, 4.69) is 10.4 Å². The highest BCUT2D eigenvalue weighted by Crippen LogP contribution is 2.32. The zero-order chi connectivity index (χ0) is 20.6. The van der Waals surface area contributed by atoms with Crippen molar-refractivity contribution in [1.29, 1.82) is 0 Å². The number of anilines is 1.